The smallest absolute Gasteiger partial charge is 0.380 e. The van der Waals surface area contributed by atoms with Crippen molar-refractivity contribution in [2.45, 2.75) is 50.9 Å². The zero-order valence-electron chi connectivity index (χ0n) is 22.0. The Morgan fingerprint density at radius 1 is 0.791 bits per heavy atom. The minimum atomic E-state index is -5.70. The Bertz CT molecular complexity index is 1900. The molecule has 0 saturated heterocycles. The van der Waals surface area contributed by atoms with Crippen LogP contribution in [-0.2, 0) is 0 Å². The van der Waals surface area contributed by atoms with E-state index in [2.05, 4.69) is 0 Å². The number of thiophene rings is 1. The molecule has 0 radical (unpaired) electrons. The number of nitrogens with zero attached hydrogens (tertiary/aromatic N) is 1. The van der Waals surface area contributed by atoms with E-state index in [-0.39, 0.29) is 32.9 Å². The van der Waals surface area contributed by atoms with Crippen LogP contribution < -0.4 is 9.47 Å². The van der Waals surface area contributed by atoms with Gasteiger partial charge in [-0.15, -0.1) is 34.9 Å². The number of halogens is 6. The number of hydrogen-bond acceptors (Lipinski definition) is 7. The van der Waals surface area contributed by atoms with Crippen molar-refractivity contribution in [3.05, 3.63) is 74.2 Å². The number of nitro groups is 1. The van der Waals surface area contributed by atoms with Crippen LogP contribution in [0.25, 0.3) is 21.6 Å². The summed E-state index contributed by atoms with van der Waals surface area (Å²) in [6.45, 7) is 3.89. The van der Waals surface area contributed by atoms with Gasteiger partial charge >= 0.3 is 17.8 Å². The molecule has 0 bridgehead atoms. The molecule has 222 valence electrons. The molecule has 3 aromatic rings. The van der Waals surface area contributed by atoms with Crippen molar-refractivity contribution >= 4 is 51.7 Å². The van der Waals surface area contributed by atoms with Crippen LogP contribution in [-0.4, -0.2) is 45.4 Å². The molecule has 5 nitrogen and oxygen atoms in total. The Kier molecular flexibility index (Phi) is 5.19. The molecule has 0 spiro atoms. The summed E-state index contributed by atoms with van der Waals surface area (Å²) in [5.41, 5.74) is -2.86. The van der Waals surface area contributed by atoms with Gasteiger partial charge in [0.15, 0.2) is 11.5 Å². The number of ether oxygens (including phenoxy) is 2. The van der Waals surface area contributed by atoms with Crippen LogP contribution in [0.4, 0.5) is 32.0 Å². The SMILES string of the molecule is C[C@@]12Sc3cc(-c4scc5c4OCCO5)ccc3C1=C1C(=C3c4ccc([N+](=O)[O-])cc4S[C@]32C)C(F)(F)C(F)(F)C1(F)F. The van der Waals surface area contributed by atoms with Gasteiger partial charge in [-0.3, -0.25) is 10.1 Å². The highest BCUT2D eigenvalue weighted by atomic mass is 32.2. The summed E-state index contributed by atoms with van der Waals surface area (Å²) < 4.78 is 102. The number of alkyl halides is 6. The summed E-state index contributed by atoms with van der Waals surface area (Å²) in [6, 6.07) is 8.31. The molecule has 8 rings (SSSR count). The molecule has 0 amide bonds. The summed E-state index contributed by atoms with van der Waals surface area (Å²) >= 11 is 3.49. The van der Waals surface area contributed by atoms with Crippen LogP contribution in [0.1, 0.15) is 25.0 Å². The van der Waals surface area contributed by atoms with Gasteiger partial charge in [0.25, 0.3) is 5.69 Å². The van der Waals surface area contributed by atoms with Gasteiger partial charge in [0.2, 0.25) is 0 Å². The number of rotatable bonds is 2. The van der Waals surface area contributed by atoms with Crippen LogP contribution in [0.5, 0.6) is 11.5 Å². The van der Waals surface area contributed by atoms with E-state index in [0.717, 1.165) is 34.5 Å². The van der Waals surface area contributed by atoms with Crippen LogP contribution in [0.15, 0.2) is 62.7 Å². The molecule has 2 aliphatic carbocycles. The number of benzene rings is 2. The summed E-state index contributed by atoms with van der Waals surface area (Å²) in [6.07, 6.45) is 0. The maximum atomic E-state index is 15.8. The molecule has 0 unspecified atom stereocenters. The first kappa shape index (κ1) is 27.4. The van der Waals surface area contributed by atoms with E-state index in [4.69, 9.17) is 9.47 Å². The fourth-order valence-corrected chi connectivity index (χ4v) is 11.0. The summed E-state index contributed by atoms with van der Waals surface area (Å²) in [7, 11) is 0. The second-order valence-corrected chi connectivity index (χ2v) is 14.9. The molecule has 0 N–H and O–H groups in total. The highest BCUT2D eigenvalue weighted by molar-refractivity contribution is 8.06. The normalized spacial score (nSPS) is 28.3. The predicted octanol–water partition coefficient (Wildman–Crippen LogP) is 8.96. The van der Waals surface area contributed by atoms with Gasteiger partial charge in [0.05, 0.1) is 19.3 Å². The van der Waals surface area contributed by atoms with Crippen LogP contribution in [0.2, 0.25) is 0 Å². The van der Waals surface area contributed by atoms with Crippen molar-refractivity contribution in [3.8, 4) is 21.9 Å². The molecule has 2 aromatic carbocycles. The average molecular weight is 654 g/mol. The lowest BCUT2D eigenvalue weighted by atomic mass is 9.68. The first-order valence-electron chi connectivity index (χ1n) is 13.0. The number of allylic oxidation sites excluding steroid dienone is 2. The zero-order valence-corrected chi connectivity index (χ0v) is 24.5. The molecule has 1 fully saturated rings. The fourth-order valence-electron chi connectivity index (χ4n) is 6.80. The second kappa shape index (κ2) is 8.13. The van der Waals surface area contributed by atoms with Gasteiger partial charge < -0.3 is 9.47 Å². The Labute approximate surface area is 252 Å². The summed E-state index contributed by atoms with van der Waals surface area (Å²) in [4.78, 5) is 12.2. The van der Waals surface area contributed by atoms with E-state index in [1.54, 1.807) is 31.4 Å². The molecule has 4 heterocycles. The Balaban J connectivity index is 1.41. The van der Waals surface area contributed by atoms with Crippen LogP contribution >= 0.6 is 34.9 Å². The molecule has 1 aromatic heterocycles. The van der Waals surface area contributed by atoms with Gasteiger partial charge in [0.1, 0.15) is 13.2 Å². The van der Waals surface area contributed by atoms with E-state index >= 15 is 26.3 Å². The maximum Gasteiger partial charge on any atom is 0.380 e. The van der Waals surface area contributed by atoms with Crippen molar-refractivity contribution in [3.63, 3.8) is 0 Å². The standard InChI is InChI=1S/C29H17F6NO4S3/c1-25-19(14-5-3-12(9-17(14)42-25)24-23-16(11-41-24)39-7-8-40-23)21-22(28(32,33)29(34,35)27(21,30)31)20-15-6-4-13(36(37)38)10-18(15)43-26(20,25)2/h3-6,9-11H,7-8H2,1-2H3/t25-,26-/m1/s1. The number of thioether (sulfide) groups is 2. The van der Waals surface area contributed by atoms with Gasteiger partial charge in [-0.2, -0.15) is 26.3 Å². The molecule has 3 aliphatic heterocycles. The van der Waals surface area contributed by atoms with Crippen LogP contribution in [0, 0.1) is 10.1 Å². The number of fused-ring (bicyclic) bond motifs is 9. The number of hydrogen-bond donors (Lipinski definition) is 0. The predicted molar refractivity (Wildman–Crippen MR) is 151 cm³/mol. The van der Waals surface area contributed by atoms with Crippen molar-refractivity contribution in [2.75, 3.05) is 13.2 Å². The quantitative estimate of drug-likeness (QED) is 0.156. The third-order valence-electron chi connectivity index (χ3n) is 8.92. The van der Waals surface area contributed by atoms with E-state index in [1.165, 1.54) is 29.5 Å². The van der Waals surface area contributed by atoms with Crippen molar-refractivity contribution in [2.24, 2.45) is 0 Å². The average Bonchev–Trinajstić information content (AvgIpc) is 3.62. The molecular formula is C29H17F6NO4S3. The first-order valence-corrected chi connectivity index (χ1v) is 15.5. The third kappa shape index (κ3) is 3.04. The van der Waals surface area contributed by atoms with Gasteiger partial charge in [-0.1, -0.05) is 12.1 Å². The van der Waals surface area contributed by atoms with Gasteiger partial charge in [0, 0.05) is 38.4 Å². The third-order valence-corrected chi connectivity index (χ3v) is 13.2. The van der Waals surface area contributed by atoms with E-state index < -0.39 is 43.3 Å². The molecule has 14 heteroatoms. The number of nitro benzene ring substituents is 1. The van der Waals surface area contributed by atoms with E-state index in [0.29, 0.717) is 35.2 Å². The molecule has 5 aliphatic rings. The monoisotopic (exact) mass is 653 g/mol. The molecule has 2 atom stereocenters. The van der Waals surface area contributed by atoms with Gasteiger partial charge in [-0.25, -0.2) is 0 Å². The Morgan fingerprint density at radius 3 is 1.95 bits per heavy atom. The molecule has 43 heavy (non-hydrogen) atoms. The summed E-state index contributed by atoms with van der Waals surface area (Å²) in [5.74, 6) is -15.0. The van der Waals surface area contributed by atoms with Crippen molar-refractivity contribution < 1.29 is 40.7 Å². The van der Waals surface area contributed by atoms with Crippen molar-refractivity contribution in [1.82, 2.24) is 0 Å². The Hall–Kier alpha value is -3.10. The first-order chi connectivity index (χ1) is 20.1. The minimum absolute atomic E-state index is 0.0126. The van der Waals surface area contributed by atoms with E-state index in [1.807, 2.05) is 0 Å². The highest BCUT2D eigenvalue weighted by Gasteiger charge is 2.84. The lowest BCUT2D eigenvalue weighted by Gasteiger charge is -2.47. The highest BCUT2D eigenvalue weighted by Crippen LogP contribution is 2.78. The van der Waals surface area contributed by atoms with Gasteiger partial charge in [-0.05, 0) is 53.8 Å². The summed E-state index contributed by atoms with van der Waals surface area (Å²) in [5, 5.41) is 13.3. The van der Waals surface area contributed by atoms with Crippen LogP contribution in [0.3, 0.4) is 0 Å². The molecular weight excluding hydrogens is 637 g/mol. The lowest BCUT2D eigenvalue weighted by molar-refractivity contribution is -0.385. The second-order valence-electron chi connectivity index (χ2n) is 11.1. The maximum absolute atomic E-state index is 15.8. The molecule has 1 saturated carbocycles. The number of non-ortho nitro benzene ring substituents is 1. The minimum Gasteiger partial charge on any atom is -0.485 e. The largest absolute Gasteiger partial charge is 0.485 e. The Morgan fingerprint density at radius 2 is 1.35 bits per heavy atom. The zero-order chi connectivity index (χ0) is 30.5. The topological polar surface area (TPSA) is 61.6 Å². The van der Waals surface area contributed by atoms with E-state index in [9.17, 15) is 10.1 Å². The van der Waals surface area contributed by atoms with Crippen molar-refractivity contribution in [1.29, 1.82) is 0 Å². The fraction of sp³-hybridized carbons (Fsp3) is 0.310. The lowest BCUT2D eigenvalue weighted by Crippen LogP contribution is -2.47.